The second-order valence-corrected chi connectivity index (χ2v) is 14.5. The molecule has 11 N–H and O–H groups in total. The molecule has 0 saturated heterocycles. The number of nitrogens with one attached hydrogen (secondary N) is 2. The van der Waals surface area contributed by atoms with Gasteiger partial charge in [0.05, 0.1) is 12.1 Å². The summed E-state index contributed by atoms with van der Waals surface area (Å²) in [6, 6.07) is 22.7. The number of aliphatic imine (C=N–C) groups is 1. The molecular weight excluding hydrogens is 695 g/mol. The molecule has 0 saturated carbocycles. The molecule has 0 unspecified atom stereocenters. The van der Waals surface area contributed by atoms with Crippen LogP contribution in [0.2, 0.25) is 0 Å². The summed E-state index contributed by atoms with van der Waals surface area (Å²) in [6.07, 6.45) is 2.76. The first-order chi connectivity index (χ1) is 26.3. The minimum Gasteiger partial charge on any atom is -0.508 e. The van der Waals surface area contributed by atoms with Crippen molar-refractivity contribution in [3.8, 4) is 5.75 Å². The minimum absolute atomic E-state index is 0.0520. The van der Waals surface area contributed by atoms with Gasteiger partial charge in [-0.2, -0.15) is 0 Å². The van der Waals surface area contributed by atoms with E-state index in [9.17, 15) is 24.3 Å². The van der Waals surface area contributed by atoms with Gasteiger partial charge in [-0.3, -0.25) is 24.2 Å². The number of phenolic OH excluding ortho intramolecular Hbond substituents is 1. The Kier molecular flexibility index (Phi) is 13.4. The van der Waals surface area contributed by atoms with Crippen molar-refractivity contribution in [1.29, 1.82) is 0 Å². The molecule has 12 nitrogen and oxygen atoms in total. The third-order valence-electron chi connectivity index (χ3n) is 10.3. The van der Waals surface area contributed by atoms with Gasteiger partial charge in [-0.25, -0.2) is 0 Å². The fourth-order valence-corrected chi connectivity index (χ4v) is 7.24. The third-order valence-corrected chi connectivity index (χ3v) is 10.3. The summed E-state index contributed by atoms with van der Waals surface area (Å²) < 4.78 is 0. The van der Waals surface area contributed by atoms with Crippen LogP contribution in [0.4, 0.5) is 0 Å². The molecular formula is C43H51N7O5. The van der Waals surface area contributed by atoms with E-state index in [-0.39, 0.29) is 55.4 Å². The van der Waals surface area contributed by atoms with E-state index in [1.807, 2.05) is 86.8 Å². The second-order valence-electron chi connectivity index (χ2n) is 14.5. The van der Waals surface area contributed by atoms with Crippen LogP contribution in [-0.2, 0) is 38.4 Å². The molecule has 0 radical (unpaired) electrons. The number of phenols is 1. The molecule has 0 aliphatic rings. The number of aromatic hydroxyl groups is 1. The number of fused-ring (bicyclic) bond motifs is 2. The number of aromatic nitrogens is 1. The van der Waals surface area contributed by atoms with Gasteiger partial charge in [-0.1, -0.05) is 60.7 Å². The van der Waals surface area contributed by atoms with E-state index in [0.29, 0.717) is 19.4 Å². The predicted molar refractivity (Wildman–Crippen MR) is 216 cm³/mol. The molecule has 0 aliphatic carbocycles. The molecule has 1 heterocycles. The summed E-state index contributed by atoms with van der Waals surface area (Å²) in [6.45, 7) is 3.97. The molecule has 5 rings (SSSR count). The van der Waals surface area contributed by atoms with Crippen LogP contribution in [0, 0.1) is 25.7 Å². The number of aryl methyl sites for hydroxylation is 2. The SMILES string of the molecule is Cc1cc(O)cc(C)c1C[C@H](CC(=O)[C@H](N)CCCN=C(N)N)C(=O)N[C@@H](Cc1c[nH]c2ccccc12)C(=O)C[C@@H](Cc1ccc2ccccc2c1)C(N)=O. The maximum absolute atomic E-state index is 14.4. The maximum atomic E-state index is 14.4. The van der Waals surface area contributed by atoms with Crippen molar-refractivity contribution in [2.45, 2.75) is 70.9 Å². The zero-order chi connectivity index (χ0) is 39.6. The van der Waals surface area contributed by atoms with Crippen LogP contribution in [0.1, 0.15) is 53.5 Å². The molecule has 12 heteroatoms. The number of Topliss-reactive ketones (excluding diaryl/α,β-unsaturated/α-hetero) is 2. The van der Waals surface area contributed by atoms with E-state index >= 15 is 0 Å². The summed E-state index contributed by atoms with van der Waals surface area (Å²) >= 11 is 0. The first-order valence-corrected chi connectivity index (χ1v) is 18.6. The molecule has 0 bridgehead atoms. The number of rotatable bonds is 19. The van der Waals surface area contributed by atoms with Crippen molar-refractivity contribution < 1.29 is 24.3 Å². The lowest BCUT2D eigenvalue weighted by molar-refractivity contribution is -0.133. The molecule has 0 spiro atoms. The molecule has 0 aliphatic heterocycles. The Labute approximate surface area is 320 Å². The normalized spacial score (nSPS) is 13.5. The Morgan fingerprint density at radius 3 is 2.18 bits per heavy atom. The second kappa shape index (κ2) is 18.4. The topological polar surface area (TPSA) is 233 Å². The smallest absolute Gasteiger partial charge is 0.224 e. The Morgan fingerprint density at radius 2 is 1.47 bits per heavy atom. The first kappa shape index (κ1) is 40.2. The van der Waals surface area contributed by atoms with Crippen LogP contribution in [0.25, 0.3) is 21.7 Å². The number of hydrogen-bond donors (Lipinski definition) is 7. The van der Waals surface area contributed by atoms with Gasteiger partial charge in [0.2, 0.25) is 11.8 Å². The lowest BCUT2D eigenvalue weighted by atomic mass is 9.86. The molecule has 2 amide bonds. The van der Waals surface area contributed by atoms with E-state index in [1.54, 1.807) is 12.1 Å². The summed E-state index contributed by atoms with van der Waals surface area (Å²) in [4.78, 5) is 62.3. The number of aromatic amines is 1. The monoisotopic (exact) mass is 745 g/mol. The number of H-pyrrole nitrogens is 1. The number of guanidine groups is 1. The number of hydrogen-bond acceptors (Lipinski definition) is 7. The van der Waals surface area contributed by atoms with Gasteiger partial charge in [-0.15, -0.1) is 0 Å². The average molecular weight is 746 g/mol. The number of ketones is 2. The van der Waals surface area contributed by atoms with E-state index < -0.39 is 35.7 Å². The number of amides is 2. The maximum Gasteiger partial charge on any atom is 0.224 e. The van der Waals surface area contributed by atoms with E-state index in [0.717, 1.165) is 49.5 Å². The number of nitrogens with zero attached hydrogens (tertiary/aromatic N) is 1. The van der Waals surface area contributed by atoms with Gasteiger partial charge in [0, 0.05) is 54.7 Å². The van der Waals surface area contributed by atoms with E-state index in [1.165, 1.54) is 0 Å². The van der Waals surface area contributed by atoms with Gasteiger partial charge in [0.15, 0.2) is 11.7 Å². The van der Waals surface area contributed by atoms with Crippen molar-refractivity contribution in [2.75, 3.05) is 6.54 Å². The van der Waals surface area contributed by atoms with Gasteiger partial charge >= 0.3 is 0 Å². The summed E-state index contributed by atoms with van der Waals surface area (Å²) in [7, 11) is 0. The van der Waals surface area contributed by atoms with Gasteiger partial charge < -0.3 is 38.3 Å². The molecule has 4 aromatic carbocycles. The van der Waals surface area contributed by atoms with Crippen LogP contribution in [0.15, 0.2) is 90.1 Å². The highest BCUT2D eigenvalue weighted by molar-refractivity contribution is 5.95. The Bertz CT molecular complexity index is 2180. The molecule has 5 aromatic rings. The zero-order valence-electron chi connectivity index (χ0n) is 31.4. The van der Waals surface area contributed by atoms with Crippen molar-refractivity contribution in [2.24, 2.45) is 39.8 Å². The number of para-hydroxylation sites is 1. The van der Waals surface area contributed by atoms with Crippen molar-refractivity contribution >= 4 is 51.0 Å². The highest BCUT2D eigenvalue weighted by atomic mass is 16.3. The van der Waals surface area contributed by atoms with E-state index in [2.05, 4.69) is 15.3 Å². The van der Waals surface area contributed by atoms with Crippen LogP contribution < -0.4 is 28.3 Å². The van der Waals surface area contributed by atoms with Crippen molar-refractivity contribution in [3.05, 3.63) is 113 Å². The molecule has 0 fully saturated rings. The third kappa shape index (κ3) is 10.8. The van der Waals surface area contributed by atoms with Gasteiger partial charge in [0.25, 0.3) is 0 Å². The summed E-state index contributed by atoms with van der Waals surface area (Å²) in [5.74, 6) is -3.48. The van der Waals surface area contributed by atoms with Crippen LogP contribution in [0.5, 0.6) is 5.75 Å². The Hall–Kier alpha value is -6.01. The van der Waals surface area contributed by atoms with E-state index in [4.69, 9.17) is 22.9 Å². The zero-order valence-corrected chi connectivity index (χ0v) is 31.4. The van der Waals surface area contributed by atoms with Crippen molar-refractivity contribution in [1.82, 2.24) is 10.3 Å². The highest BCUT2D eigenvalue weighted by Crippen LogP contribution is 2.27. The standard InChI is InChI=1S/C43H51N7O5/c1-25-16-33(51)17-26(2)35(25)20-31(23-39(52)36(44)11-7-15-48-43(46)47)42(55)50-38(21-32-24-49-37-12-6-5-10-34(32)37)40(53)22-30(41(45)54)19-27-13-14-28-8-3-4-9-29(28)18-27/h3-6,8-10,12-14,16-18,24,30-31,36,38,49,51H,7,11,15,19-23,44H2,1-2H3,(H2,45,54)(H,50,55)(H4,46,47,48)/t30-,31-,36-,38+/m1/s1. The number of nitrogens with two attached hydrogens (primary N) is 4. The highest BCUT2D eigenvalue weighted by Gasteiger charge is 2.32. The molecule has 55 heavy (non-hydrogen) atoms. The largest absolute Gasteiger partial charge is 0.508 e. The quantitative estimate of drug-likeness (QED) is 0.0367. The first-order valence-electron chi connectivity index (χ1n) is 18.6. The number of carbonyl (C=O) groups is 4. The molecule has 4 atom stereocenters. The Morgan fingerprint density at radius 1 is 0.800 bits per heavy atom. The molecule has 288 valence electrons. The summed E-state index contributed by atoms with van der Waals surface area (Å²) in [5.41, 5.74) is 27.9. The lowest BCUT2D eigenvalue weighted by Gasteiger charge is -2.25. The fourth-order valence-electron chi connectivity index (χ4n) is 7.24. The summed E-state index contributed by atoms with van der Waals surface area (Å²) in [5, 5.41) is 16.1. The number of benzene rings is 4. The van der Waals surface area contributed by atoms with Crippen LogP contribution >= 0.6 is 0 Å². The van der Waals surface area contributed by atoms with Crippen molar-refractivity contribution in [3.63, 3.8) is 0 Å². The number of carbonyl (C=O) groups excluding carboxylic acids is 4. The average Bonchev–Trinajstić information content (AvgIpc) is 3.55. The van der Waals surface area contributed by atoms with Gasteiger partial charge in [0.1, 0.15) is 11.5 Å². The molecule has 1 aromatic heterocycles. The minimum atomic E-state index is -1.04. The fraction of sp³-hybridized carbons (Fsp3) is 0.326. The Balaban J connectivity index is 1.42. The van der Waals surface area contributed by atoms with Gasteiger partial charge in [-0.05, 0) is 96.3 Å². The predicted octanol–water partition coefficient (Wildman–Crippen LogP) is 4.17. The van der Waals surface area contributed by atoms with Crippen LogP contribution in [0.3, 0.4) is 0 Å². The van der Waals surface area contributed by atoms with Crippen LogP contribution in [-0.4, -0.2) is 58.1 Å². The number of primary amides is 1. The lowest BCUT2D eigenvalue weighted by Crippen LogP contribution is -2.47.